The third kappa shape index (κ3) is 2.59. The molecule has 0 N–H and O–H groups in total. The second-order valence-corrected chi connectivity index (χ2v) is 3.68. The zero-order valence-corrected chi connectivity index (χ0v) is 8.54. The van der Waals surface area contributed by atoms with Crippen molar-refractivity contribution in [1.29, 1.82) is 0 Å². The fourth-order valence-electron chi connectivity index (χ4n) is 1.41. The summed E-state index contributed by atoms with van der Waals surface area (Å²) < 4.78 is 10.9. The minimum Gasteiger partial charge on any atom is -0.474 e. The van der Waals surface area contributed by atoms with Gasteiger partial charge in [0.05, 0.1) is 13.2 Å². The van der Waals surface area contributed by atoms with E-state index in [1.165, 1.54) is 0 Å². The summed E-state index contributed by atoms with van der Waals surface area (Å²) in [7, 11) is 0. The number of hydrogen-bond donors (Lipinski definition) is 0. The van der Waals surface area contributed by atoms with Crippen LogP contribution in [0.4, 0.5) is 0 Å². The molecule has 0 aromatic carbocycles. The van der Waals surface area contributed by atoms with Crippen LogP contribution < -0.4 is 4.74 Å². The highest BCUT2D eigenvalue weighted by molar-refractivity contribution is 6.30. The molecule has 0 aliphatic carbocycles. The Bertz CT molecular complexity index is 300. The fourth-order valence-corrected chi connectivity index (χ4v) is 1.56. The maximum Gasteiger partial charge on any atom is 0.214 e. The summed E-state index contributed by atoms with van der Waals surface area (Å²) in [6, 6.07) is 3.47. The van der Waals surface area contributed by atoms with Gasteiger partial charge in [-0.2, -0.15) is 0 Å². The van der Waals surface area contributed by atoms with Crippen LogP contribution in [-0.4, -0.2) is 24.3 Å². The molecule has 14 heavy (non-hydrogen) atoms. The van der Waals surface area contributed by atoms with Crippen LogP contribution >= 0.6 is 11.6 Å². The van der Waals surface area contributed by atoms with Gasteiger partial charge in [0.2, 0.25) is 5.88 Å². The Morgan fingerprint density at radius 1 is 1.43 bits per heavy atom. The number of hydrogen-bond acceptors (Lipinski definition) is 3. The van der Waals surface area contributed by atoms with E-state index in [0.717, 1.165) is 26.1 Å². The molecule has 0 spiro atoms. The Balaban J connectivity index is 1.95. The lowest BCUT2D eigenvalue weighted by atomic mass is 10.2. The van der Waals surface area contributed by atoms with Crippen LogP contribution in [0, 0.1) is 0 Å². The average molecular weight is 214 g/mol. The lowest BCUT2D eigenvalue weighted by molar-refractivity contribution is 0.0237. The van der Waals surface area contributed by atoms with Crippen molar-refractivity contribution in [2.45, 2.75) is 18.9 Å². The van der Waals surface area contributed by atoms with E-state index in [1.807, 2.05) is 0 Å². The molecular weight excluding hydrogens is 202 g/mol. The molecule has 1 aromatic rings. The van der Waals surface area contributed by atoms with Crippen LogP contribution in [0.5, 0.6) is 5.88 Å². The fraction of sp³-hybridized carbons (Fsp3) is 0.500. The van der Waals surface area contributed by atoms with E-state index < -0.39 is 0 Å². The molecule has 76 valence electrons. The molecule has 2 heterocycles. The summed E-state index contributed by atoms with van der Waals surface area (Å²) in [5.41, 5.74) is 0. The van der Waals surface area contributed by atoms with Crippen molar-refractivity contribution in [3.8, 4) is 5.88 Å². The first kappa shape index (κ1) is 9.74. The monoisotopic (exact) mass is 213 g/mol. The zero-order valence-electron chi connectivity index (χ0n) is 7.78. The molecule has 2 rings (SSSR count). The van der Waals surface area contributed by atoms with E-state index in [0.29, 0.717) is 10.9 Å². The molecule has 0 bridgehead atoms. The van der Waals surface area contributed by atoms with Gasteiger partial charge in [0, 0.05) is 30.1 Å². The van der Waals surface area contributed by atoms with Crippen molar-refractivity contribution in [1.82, 2.24) is 4.98 Å². The maximum atomic E-state index is 5.82. The highest BCUT2D eigenvalue weighted by atomic mass is 35.5. The number of ether oxygens (including phenoxy) is 2. The van der Waals surface area contributed by atoms with Crippen molar-refractivity contribution >= 4 is 11.6 Å². The van der Waals surface area contributed by atoms with Gasteiger partial charge in [-0.25, -0.2) is 4.98 Å². The Hall–Kier alpha value is -0.800. The Morgan fingerprint density at radius 3 is 2.93 bits per heavy atom. The largest absolute Gasteiger partial charge is 0.474 e. The second-order valence-electron chi connectivity index (χ2n) is 3.24. The quantitative estimate of drug-likeness (QED) is 0.756. The first-order chi connectivity index (χ1) is 6.84. The van der Waals surface area contributed by atoms with Crippen molar-refractivity contribution in [3.05, 3.63) is 23.4 Å². The van der Waals surface area contributed by atoms with Gasteiger partial charge in [-0.05, 0) is 6.07 Å². The SMILES string of the molecule is Clc1ccnc(OC2CCOCC2)c1. The second kappa shape index (κ2) is 4.62. The Morgan fingerprint density at radius 2 is 2.21 bits per heavy atom. The van der Waals surface area contributed by atoms with E-state index in [-0.39, 0.29) is 6.10 Å². The van der Waals surface area contributed by atoms with Crippen molar-refractivity contribution in [2.24, 2.45) is 0 Å². The number of halogens is 1. The summed E-state index contributed by atoms with van der Waals surface area (Å²) in [6.45, 7) is 1.54. The first-order valence-corrected chi connectivity index (χ1v) is 5.08. The van der Waals surface area contributed by atoms with Crippen LogP contribution in [0.2, 0.25) is 5.02 Å². The third-order valence-electron chi connectivity index (χ3n) is 2.15. The number of nitrogens with zero attached hydrogens (tertiary/aromatic N) is 1. The molecule has 0 radical (unpaired) electrons. The lowest BCUT2D eigenvalue weighted by Crippen LogP contribution is -2.26. The molecule has 1 saturated heterocycles. The molecule has 1 fully saturated rings. The van der Waals surface area contributed by atoms with Gasteiger partial charge in [-0.1, -0.05) is 11.6 Å². The van der Waals surface area contributed by atoms with Gasteiger partial charge in [0.1, 0.15) is 6.10 Å². The van der Waals surface area contributed by atoms with Gasteiger partial charge in [0.15, 0.2) is 0 Å². The summed E-state index contributed by atoms with van der Waals surface area (Å²) >= 11 is 5.82. The minimum absolute atomic E-state index is 0.217. The van der Waals surface area contributed by atoms with E-state index >= 15 is 0 Å². The average Bonchev–Trinajstić information content (AvgIpc) is 2.19. The molecule has 0 atom stereocenters. The van der Waals surface area contributed by atoms with E-state index in [2.05, 4.69) is 4.98 Å². The van der Waals surface area contributed by atoms with E-state index in [4.69, 9.17) is 21.1 Å². The summed E-state index contributed by atoms with van der Waals surface area (Å²) in [4.78, 5) is 4.09. The van der Waals surface area contributed by atoms with Gasteiger partial charge >= 0.3 is 0 Å². The topological polar surface area (TPSA) is 31.4 Å². The van der Waals surface area contributed by atoms with E-state index in [1.54, 1.807) is 18.3 Å². The van der Waals surface area contributed by atoms with Crippen LogP contribution in [0.15, 0.2) is 18.3 Å². The molecular formula is C10H12ClNO2. The molecule has 0 saturated carbocycles. The third-order valence-corrected chi connectivity index (χ3v) is 2.39. The van der Waals surface area contributed by atoms with Crippen molar-refractivity contribution < 1.29 is 9.47 Å². The molecule has 4 heteroatoms. The highest BCUT2D eigenvalue weighted by Crippen LogP contribution is 2.18. The normalized spacial score (nSPS) is 18.1. The lowest BCUT2D eigenvalue weighted by Gasteiger charge is -2.22. The highest BCUT2D eigenvalue weighted by Gasteiger charge is 2.15. The van der Waals surface area contributed by atoms with Crippen LogP contribution in [0.25, 0.3) is 0 Å². The smallest absolute Gasteiger partial charge is 0.214 e. The predicted molar refractivity (Wildman–Crippen MR) is 53.7 cm³/mol. The van der Waals surface area contributed by atoms with E-state index in [9.17, 15) is 0 Å². The van der Waals surface area contributed by atoms with Crippen molar-refractivity contribution in [3.63, 3.8) is 0 Å². The molecule has 3 nitrogen and oxygen atoms in total. The zero-order chi connectivity index (χ0) is 9.80. The molecule has 0 amide bonds. The van der Waals surface area contributed by atoms with Gasteiger partial charge in [-0.15, -0.1) is 0 Å². The van der Waals surface area contributed by atoms with Crippen LogP contribution in [0.3, 0.4) is 0 Å². The number of aromatic nitrogens is 1. The standard InChI is InChI=1S/C10H12ClNO2/c11-8-1-4-12-10(7-8)14-9-2-5-13-6-3-9/h1,4,7,9H,2-3,5-6H2. The van der Waals surface area contributed by atoms with Gasteiger partial charge < -0.3 is 9.47 Å². The number of pyridine rings is 1. The van der Waals surface area contributed by atoms with Crippen LogP contribution in [-0.2, 0) is 4.74 Å². The number of rotatable bonds is 2. The Kier molecular flexibility index (Phi) is 3.22. The molecule has 1 aliphatic rings. The minimum atomic E-state index is 0.217. The summed E-state index contributed by atoms with van der Waals surface area (Å²) in [6.07, 6.45) is 3.72. The summed E-state index contributed by atoms with van der Waals surface area (Å²) in [5.74, 6) is 0.601. The van der Waals surface area contributed by atoms with Gasteiger partial charge in [0.25, 0.3) is 0 Å². The predicted octanol–water partition coefficient (Wildman–Crippen LogP) is 2.29. The molecule has 1 aliphatic heterocycles. The first-order valence-electron chi connectivity index (χ1n) is 4.70. The van der Waals surface area contributed by atoms with Crippen molar-refractivity contribution in [2.75, 3.05) is 13.2 Å². The maximum absolute atomic E-state index is 5.82. The molecule has 0 unspecified atom stereocenters. The Labute approximate surface area is 88.0 Å². The molecule has 1 aromatic heterocycles. The van der Waals surface area contributed by atoms with Gasteiger partial charge in [-0.3, -0.25) is 0 Å². The van der Waals surface area contributed by atoms with Crippen LogP contribution in [0.1, 0.15) is 12.8 Å². The summed E-state index contributed by atoms with van der Waals surface area (Å²) in [5, 5.41) is 0.655.